The molecule has 0 atom stereocenters. The minimum Gasteiger partial charge on any atom is -0.480 e. The molecule has 0 spiro atoms. The van der Waals surface area contributed by atoms with E-state index in [9.17, 15) is 10.1 Å². The maximum Gasteiger partial charge on any atom is 0.310 e. The first kappa shape index (κ1) is 12.3. The number of nitro benzene ring substituents is 1. The van der Waals surface area contributed by atoms with Crippen molar-refractivity contribution in [2.45, 2.75) is 6.61 Å². The molecule has 18 heavy (non-hydrogen) atoms. The van der Waals surface area contributed by atoms with Gasteiger partial charge >= 0.3 is 5.69 Å². The fourth-order valence-corrected chi connectivity index (χ4v) is 1.40. The van der Waals surface area contributed by atoms with Gasteiger partial charge in [-0.2, -0.15) is 5.10 Å². The van der Waals surface area contributed by atoms with E-state index in [2.05, 4.69) is 10.2 Å². The zero-order chi connectivity index (χ0) is 13.0. The highest BCUT2D eigenvalue weighted by Crippen LogP contribution is 2.26. The lowest BCUT2D eigenvalue weighted by Gasteiger charge is -2.05. The van der Waals surface area contributed by atoms with Crippen LogP contribution in [-0.4, -0.2) is 15.1 Å². The summed E-state index contributed by atoms with van der Waals surface area (Å²) in [6.45, 7) is 0.0923. The van der Waals surface area contributed by atoms with Gasteiger partial charge in [0, 0.05) is 6.07 Å². The second kappa shape index (κ2) is 5.42. The van der Waals surface area contributed by atoms with E-state index in [1.54, 1.807) is 24.3 Å². The topological polar surface area (TPSA) is 78.2 Å². The summed E-state index contributed by atoms with van der Waals surface area (Å²) in [7, 11) is 0. The predicted molar refractivity (Wildman–Crippen MR) is 64.5 cm³/mol. The van der Waals surface area contributed by atoms with Crippen LogP contribution in [0.15, 0.2) is 36.4 Å². The molecule has 0 aliphatic heterocycles. The van der Waals surface area contributed by atoms with Crippen LogP contribution in [0, 0.1) is 10.1 Å². The average molecular weight is 266 g/mol. The van der Waals surface area contributed by atoms with Gasteiger partial charge in [-0.1, -0.05) is 23.7 Å². The molecule has 0 aliphatic carbocycles. The van der Waals surface area contributed by atoms with Crippen LogP contribution >= 0.6 is 11.6 Å². The second-order valence-corrected chi connectivity index (χ2v) is 3.75. The number of ether oxygens (including phenoxy) is 1. The highest BCUT2D eigenvalue weighted by molar-refractivity contribution is 6.29. The Morgan fingerprint density at radius 2 is 2.00 bits per heavy atom. The van der Waals surface area contributed by atoms with Gasteiger partial charge in [0.1, 0.15) is 12.3 Å². The molecule has 0 amide bonds. The molecule has 6 nitrogen and oxygen atoms in total. The first-order valence-corrected chi connectivity index (χ1v) is 5.39. The predicted octanol–water partition coefficient (Wildman–Crippen LogP) is 2.62. The van der Waals surface area contributed by atoms with Gasteiger partial charge in [-0.3, -0.25) is 10.1 Å². The SMILES string of the molecule is O=[N+]([O-])c1ccccc1OCc1ccc(Cl)nn1. The Labute approximate surface area is 107 Å². The van der Waals surface area contributed by atoms with Crippen molar-refractivity contribution >= 4 is 17.3 Å². The van der Waals surface area contributed by atoms with Crippen molar-refractivity contribution in [2.24, 2.45) is 0 Å². The minimum absolute atomic E-state index is 0.0839. The zero-order valence-electron chi connectivity index (χ0n) is 9.12. The number of benzene rings is 1. The quantitative estimate of drug-likeness (QED) is 0.627. The Kier molecular flexibility index (Phi) is 3.69. The van der Waals surface area contributed by atoms with Crippen molar-refractivity contribution < 1.29 is 9.66 Å². The molecule has 0 aliphatic rings. The average Bonchev–Trinajstić information content (AvgIpc) is 2.38. The van der Waals surface area contributed by atoms with Gasteiger partial charge < -0.3 is 4.74 Å². The molecular formula is C11H8ClN3O3. The third-order valence-electron chi connectivity index (χ3n) is 2.12. The van der Waals surface area contributed by atoms with E-state index < -0.39 is 4.92 Å². The largest absolute Gasteiger partial charge is 0.480 e. The van der Waals surface area contributed by atoms with Crippen LogP contribution in [0.4, 0.5) is 5.69 Å². The maximum absolute atomic E-state index is 10.8. The smallest absolute Gasteiger partial charge is 0.310 e. The Morgan fingerprint density at radius 3 is 2.67 bits per heavy atom. The summed E-state index contributed by atoms with van der Waals surface area (Å²) in [6.07, 6.45) is 0. The Balaban J connectivity index is 2.10. The minimum atomic E-state index is -0.497. The molecule has 1 aromatic heterocycles. The highest BCUT2D eigenvalue weighted by Gasteiger charge is 2.13. The number of nitro groups is 1. The molecule has 92 valence electrons. The van der Waals surface area contributed by atoms with Gasteiger partial charge in [0.05, 0.1) is 4.92 Å². The standard InChI is InChI=1S/C11H8ClN3O3/c12-11-6-5-8(13-14-11)7-18-10-4-2-1-3-9(10)15(16)17/h1-6H,7H2. The maximum atomic E-state index is 10.8. The zero-order valence-corrected chi connectivity index (χ0v) is 9.87. The molecule has 2 aromatic rings. The van der Waals surface area contributed by atoms with Crippen LogP contribution < -0.4 is 4.74 Å². The van der Waals surface area contributed by atoms with Crippen molar-refractivity contribution in [1.82, 2.24) is 10.2 Å². The lowest BCUT2D eigenvalue weighted by Crippen LogP contribution is -2.01. The van der Waals surface area contributed by atoms with E-state index >= 15 is 0 Å². The van der Waals surface area contributed by atoms with E-state index in [1.807, 2.05) is 0 Å². The molecule has 0 saturated carbocycles. The monoisotopic (exact) mass is 265 g/mol. The molecule has 1 aromatic carbocycles. The van der Waals surface area contributed by atoms with Crippen LogP contribution in [0.1, 0.15) is 5.69 Å². The van der Waals surface area contributed by atoms with Crippen LogP contribution in [0.3, 0.4) is 0 Å². The lowest BCUT2D eigenvalue weighted by molar-refractivity contribution is -0.385. The summed E-state index contributed by atoms with van der Waals surface area (Å²) in [5.41, 5.74) is 0.456. The second-order valence-electron chi connectivity index (χ2n) is 3.36. The first-order valence-electron chi connectivity index (χ1n) is 5.01. The summed E-state index contributed by atoms with van der Waals surface area (Å²) in [4.78, 5) is 10.3. The van der Waals surface area contributed by atoms with E-state index in [1.165, 1.54) is 12.1 Å². The first-order chi connectivity index (χ1) is 8.66. The molecule has 0 bridgehead atoms. The molecule has 2 rings (SSSR count). The van der Waals surface area contributed by atoms with Gasteiger partial charge in [-0.05, 0) is 18.2 Å². The number of rotatable bonds is 4. The molecule has 0 radical (unpaired) electrons. The van der Waals surface area contributed by atoms with Crippen molar-refractivity contribution in [2.75, 3.05) is 0 Å². The van der Waals surface area contributed by atoms with Gasteiger partial charge in [0.15, 0.2) is 10.9 Å². The summed E-state index contributed by atoms with van der Waals surface area (Å²) < 4.78 is 5.34. The summed E-state index contributed by atoms with van der Waals surface area (Å²) in [6, 6.07) is 9.37. The number of aromatic nitrogens is 2. The molecule has 0 unspecified atom stereocenters. The lowest BCUT2D eigenvalue weighted by atomic mass is 10.3. The van der Waals surface area contributed by atoms with Crippen molar-refractivity contribution in [3.8, 4) is 5.75 Å². The highest BCUT2D eigenvalue weighted by atomic mass is 35.5. The molecular weight excluding hydrogens is 258 g/mol. The van der Waals surface area contributed by atoms with Crippen LogP contribution in [0.2, 0.25) is 5.15 Å². The van der Waals surface area contributed by atoms with Crippen LogP contribution in [-0.2, 0) is 6.61 Å². The molecule has 0 saturated heterocycles. The van der Waals surface area contributed by atoms with Crippen molar-refractivity contribution in [3.05, 3.63) is 57.4 Å². The van der Waals surface area contributed by atoms with E-state index in [4.69, 9.17) is 16.3 Å². The number of nitrogens with zero attached hydrogens (tertiary/aromatic N) is 3. The number of hydrogen-bond acceptors (Lipinski definition) is 5. The van der Waals surface area contributed by atoms with E-state index in [-0.39, 0.29) is 23.2 Å². The summed E-state index contributed by atoms with van der Waals surface area (Å²) in [5.74, 6) is 0.194. The fourth-order valence-electron chi connectivity index (χ4n) is 1.30. The Morgan fingerprint density at radius 1 is 1.22 bits per heavy atom. The number of halogens is 1. The normalized spacial score (nSPS) is 10.1. The molecule has 0 fully saturated rings. The molecule has 0 N–H and O–H groups in total. The van der Waals surface area contributed by atoms with Crippen LogP contribution in [0.5, 0.6) is 5.75 Å². The van der Waals surface area contributed by atoms with E-state index in [0.29, 0.717) is 5.69 Å². The third-order valence-corrected chi connectivity index (χ3v) is 2.33. The van der Waals surface area contributed by atoms with Crippen LogP contribution in [0.25, 0.3) is 0 Å². The van der Waals surface area contributed by atoms with Gasteiger partial charge in [0.2, 0.25) is 0 Å². The molecule has 1 heterocycles. The van der Waals surface area contributed by atoms with Crippen molar-refractivity contribution in [1.29, 1.82) is 0 Å². The summed E-state index contributed by atoms with van der Waals surface area (Å²) >= 11 is 5.59. The number of hydrogen-bond donors (Lipinski definition) is 0. The van der Waals surface area contributed by atoms with Crippen molar-refractivity contribution in [3.63, 3.8) is 0 Å². The number of para-hydroxylation sites is 2. The fraction of sp³-hybridized carbons (Fsp3) is 0.0909. The van der Waals surface area contributed by atoms with E-state index in [0.717, 1.165) is 0 Å². The van der Waals surface area contributed by atoms with Gasteiger partial charge in [-0.25, -0.2) is 0 Å². The summed E-state index contributed by atoms with van der Waals surface area (Å²) in [5, 5.41) is 18.5. The molecule has 7 heteroatoms. The third kappa shape index (κ3) is 2.92. The van der Waals surface area contributed by atoms with Gasteiger partial charge in [-0.15, -0.1) is 5.10 Å². The Hall–Kier alpha value is -2.21. The van der Waals surface area contributed by atoms with Gasteiger partial charge in [0.25, 0.3) is 0 Å². The Bertz CT molecular complexity index is 560.